The van der Waals surface area contributed by atoms with Gasteiger partial charge in [-0.25, -0.2) is 15.0 Å². The first-order valence-corrected chi connectivity index (χ1v) is 5.70. The number of fused-ring (bicyclic) bond motifs is 1. The fourth-order valence-electron chi connectivity index (χ4n) is 2.14. The molecule has 0 saturated heterocycles. The second-order valence-corrected chi connectivity index (χ2v) is 4.08. The third kappa shape index (κ3) is 1.69. The van der Waals surface area contributed by atoms with Gasteiger partial charge in [-0.1, -0.05) is 6.07 Å². The van der Waals surface area contributed by atoms with Crippen molar-refractivity contribution in [2.24, 2.45) is 0 Å². The Balaban J connectivity index is 2.03. The first kappa shape index (κ1) is 9.46. The van der Waals surface area contributed by atoms with Crippen molar-refractivity contribution >= 4 is 0 Å². The summed E-state index contributed by atoms with van der Waals surface area (Å²) in [5.74, 6) is 0.718. The summed E-state index contributed by atoms with van der Waals surface area (Å²) >= 11 is 0. The average Bonchev–Trinajstić information content (AvgIpc) is 2.39. The lowest BCUT2D eigenvalue weighted by molar-refractivity contribution is 0.668. The topological polar surface area (TPSA) is 38.7 Å². The van der Waals surface area contributed by atoms with E-state index in [9.17, 15) is 0 Å². The fourth-order valence-corrected chi connectivity index (χ4v) is 2.14. The number of nitrogens with zero attached hydrogens (tertiary/aromatic N) is 3. The van der Waals surface area contributed by atoms with Crippen LogP contribution in [0.3, 0.4) is 0 Å². The molecule has 0 amide bonds. The minimum absolute atomic E-state index is 0.718. The quantitative estimate of drug-likeness (QED) is 0.727. The highest BCUT2D eigenvalue weighted by Gasteiger charge is 2.12. The number of aryl methyl sites for hydroxylation is 2. The molecule has 0 radical (unpaired) electrons. The molecule has 0 aromatic carbocycles. The molecule has 0 saturated carbocycles. The number of aromatic nitrogens is 3. The molecular weight excluding hydrogens is 198 g/mol. The molecule has 3 heteroatoms. The Kier molecular flexibility index (Phi) is 2.37. The molecular formula is C13H13N3. The summed E-state index contributed by atoms with van der Waals surface area (Å²) in [4.78, 5) is 13.1. The monoisotopic (exact) mass is 211 g/mol. The molecule has 3 nitrogen and oxygen atoms in total. The third-order valence-corrected chi connectivity index (χ3v) is 2.97. The van der Waals surface area contributed by atoms with E-state index >= 15 is 0 Å². The molecule has 80 valence electrons. The predicted octanol–water partition coefficient (Wildman–Crippen LogP) is 2.42. The van der Waals surface area contributed by atoms with Crippen LogP contribution in [0.2, 0.25) is 0 Å². The Hall–Kier alpha value is -1.77. The van der Waals surface area contributed by atoms with Crippen LogP contribution in [0.15, 0.2) is 30.6 Å². The van der Waals surface area contributed by atoms with Gasteiger partial charge >= 0.3 is 0 Å². The number of rotatable bonds is 1. The maximum atomic E-state index is 4.66. The smallest absolute Gasteiger partial charge is 0.178 e. The highest BCUT2D eigenvalue weighted by Crippen LogP contribution is 2.22. The molecule has 0 spiro atoms. The molecule has 0 aliphatic heterocycles. The molecule has 2 heterocycles. The van der Waals surface area contributed by atoms with Gasteiger partial charge in [0.15, 0.2) is 5.82 Å². The Morgan fingerprint density at radius 3 is 2.62 bits per heavy atom. The molecule has 3 rings (SSSR count). The Morgan fingerprint density at radius 2 is 1.75 bits per heavy atom. The van der Waals surface area contributed by atoms with Gasteiger partial charge in [-0.15, -0.1) is 0 Å². The standard InChI is InChI=1S/C13H13N3/c1-2-5-11-10(4-1)6-7-12(16-11)13-14-8-3-9-15-13/h3,6-9H,1-2,4-5H2. The van der Waals surface area contributed by atoms with Crippen LogP contribution in [-0.2, 0) is 12.8 Å². The maximum Gasteiger partial charge on any atom is 0.178 e. The van der Waals surface area contributed by atoms with Crippen molar-refractivity contribution in [1.82, 2.24) is 15.0 Å². The van der Waals surface area contributed by atoms with Crippen molar-refractivity contribution in [3.63, 3.8) is 0 Å². The predicted molar refractivity (Wildman–Crippen MR) is 61.9 cm³/mol. The molecule has 1 aliphatic carbocycles. The van der Waals surface area contributed by atoms with Crippen LogP contribution >= 0.6 is 0 Å². The van der Waals surface area contributed by atoms with Crippen molar-refractivity contribution in [3.8, 4) is 11.5 Å². The summed E-state index contributed by atoms with van der Waals surface area (Å²) in [6.45, 7) is 0. The van der Waals surface area contributed by atoms with Gasteiger partial charge in [0, 0.05) is 18.1 Å². The normalized spacial score (nSPS) is 14.5. The van der Waals surface area contributed by atoms with Gasteiger partial charge in [0.25, 0.3) is 0 Å². The summed E-state index contributed by atoms with van der Waals surface area (Å²) < 4.78 is 0. The second-order valence-electron chi connectivity index (χ2n) is 4.08. The Bertz CT molecular complexity index is 494. The number of pyridine rings is 1. The molecule has 0 bridgehead atoms. The van der Waals surface area contributed by atoms with Crippen LogP contribution in [-0.4, -0.2) is 15.0 Å². The number of hydrogen-bond donors (Lipinski definition) is 0. The van der Waals surface area contributed by atoms with Crippen molar-refractivity contribution in [1.29, 1.82) is 0 Å². The van der Waals surface area contributed by atoms with E-state index in [1.54, 1.807) is 12.4 Å². The van der Waals surface area contributed by atoms with E-state index in [4.69, 9.17) is 0 Å². The molecule has 0 unspecified atom stereocenters. The zero-order valence-electron chi connectivity index (χ0n) is 9.06. The van der Waals surface area contributed by atoms with Gasteiger partial charge in [-0.05, 0) is 43.4 Å². The summed E-state index contributed by atoms with van der Waals surface area (Å²) in [6, 6.07) is 6.02. The summed E-state index contributed by atoms with van der Waals surface area (Å²) in [5.41, 5.74) is 3.52. The zero-order valence-corrected chi connectivity index (χ0v) is 9.06. The molecule has 0 atom stereocenters. The van der Waals surface area contributed by atoms with Crippen LogP contribution in [0.4, 0.5) is 0 Å². The summed E-state index contributed by atoms with van der Waals surface area (Å²) in [6.07, 6.45) is 8.30. The van der Waals surface area contributed by atoms with E-state index in [1.165, 1.54) is 24.1 Å². The first-order chi connectivity index (χ1) is 7.93. The first-order valence-electron chi connectivity index (χ1n) is 5.70. The van der Waals surface area contributed by atoms with Gasteiger partial charge in [-0.3, -0.25) is 0 Å². The lowest BCUT2D eigenvalue weighted by Gasteiger charge is -2.14. The van der Waals surface area contributed by atoms with Gasteiger partial charge in [-0.2, -0.15) is 0 Å². The minimum atomic E-state index is 0.718. The SMILES string of the molecule is c1cnc(-c2ccc3c(n2)CCCC3)nc1. The van der Waals surface area contributed by atoms with Gasteiger partial charge in [0.05, 0.1) is 0 Å². The van der Waals surface area contributed by atoms with Crippen molar-refractivity contribution in [3.05, 3.63) is 41.9 Å². The third-order valence-electron chi connectivity index (χ3n) is 2.97. The maximum absolute atomic E-state index is 4.66. The van der Waals surface area contributed by atoms with Crippen LogP contribution in [0.5, 0.6) is 0 Å². The Labute approximate surface area is 94.6 Å². The summed E-state index contributed by atoms with van der Waals surface area (Å²) in [7, 11) is 0. The average molecular weight is 211 g/mol. The summed E-state index contributed by atoms with van der Waals surface area (Å²) in [5, 5.41) is 0. The molecule has 1 aliphatic rings. The van der Waals surface area contributed by atoms with E-state index in [0.29, 0.717) is 0 Å². The van der Waals surface area contributed by atoms with Crippen molar-refractivity contribution in [2.75, 3.05) is 0 Å². The molecule has 2 aromatic heterocycles. The molecule has 0 N–H and O–H groups in total. The van der Waals surface area contributed by atoms with Crippen LogP contribution in [0.1, 0.15) is 24.1 Å². The van der Waals surface area contributed by atoms with Crippen LogP contribution in [0.25, 0.3) is 11.5 Å². The molecule has 2 aromatic rings. The van der Waals surface area contributed by atoms with Gasteiger partial charge < -0.3 is 0 Å². The lowest BCUT2D eigenvalue weighted by Crippen LogP contribution is -2.06. The van der Waals surface area contributed by atoms with Crippen LogP contribution in [0, 0.1) is 0 Å². The van der Waals surface area contributed by atoms with Gasteiger partial charge in [0.1, 0.15) is 5.69 Å². The van der Waals surface area contributed by atoms with Crippen molar-refractivity contribution in [2.45, 2.75) is 25.7 Å². The zero-order chi connectivity index (χ0) is 10.8. The van der Waals surface area contributed by atoms with Crippen LogP contribution < -0.4 is 0 Å². The highest BCUT2D eigenvalue weighted by atomic mass is 14.9. The van der Waals surface area contributed by atoms with E-state index < -0.39 is 0 Å². The fraction of sp³-hybridized carbons (Fsp3) is 0.308. The second kappa shape index (κ2) is 4.00. The molecule has 0 fully saturated rings. The Morgan fingerprint density at radius 1 is 0.938 bits per heavy atom. The lowest BCUT2D eigenvalue weighted by atomic mass is 9.96. The largest absolute Gasteiger partial charge is 0.249 e. The van der Waals surface area contributed by atoms with E-state index in [2.05, 4.69) is 21.0 Å². The highest BCUT2D eigenvalue weighted by molar-refractivity contribution is 5.50. The van der Waals surface area contributed by atoms with E-state index in [1.807, 2.05) is 12.1 Å². The van der Waals surface area contributed by atoms with E-state index in [0.717, 1.165) is 24.4 Å². The minimum Gasteiger partial charge on any atom is -0.249 e. The van der Waals surface area contributed by atoms with Crippen molar-refractivity contribution < 1.29 is 0 Å². The number of hydrogen-bond acceptors (Lipinski definition) is 3. The van der Waals surface area contributed by atoms with E-state index in [-0.39, 0.29) is 0 Å². The molecule has 16 heavy (non-hydrogen) atoms. The van der Waals surface area contributed by atoms with Gasteiger partial charge in [0.2, 0.25) is 0 Å².